The molecule has 0 saturated heterocycles. The van der Waals surface area contributed by atoms with Crippen LogP contribution in [0.2, 0.25) is 0 Å². The fraction of sp³-hybridized carbons (Fsp3) is 0.571. The molecule has 1 aromatic rings. The van der Waals surface area contributed by atoms with Gasteiger partial charge in [0, 0.05) is 25.0 Å². The maximum absolute atomic E-state index is 11.8. The monoisotopic (exact) mass is 281 g/mol. The van der Waals surface area contributed by atoms with Gasteiger partial charge in [-0.1, -0.05) is 12.8 Å². The van der Waals surface area contributed by atoms with Gasteiger partial charge in [0.05, 0.1) is 18.8 Å². The number of nitrogens with one attached hydrogen (secondary N) is 1. The Balaban J connectivity index is 2.20. The molecule has 0 radical (unpaired) electrons. The molecule has 0 spiro atoms. The summed E-state index contributed by atoms with van der Waals surface area (Å²) >= 11 is 0. The normalized spacial score (nSPS) is 12.2. The Morgan fingerprint density at radius 3 is 2.80 bits per heavy atom. The molecule has 6 nitrogen and oxygen atoms in total. The van der Waals surface area contributed by atoms with Crippen molar-refractivity contribution in [2.45, 2.75) is 38.3 Å². The molecular weight excluding hydrogens is 258 g/mol. The molecule has 0 unspecified atom stereocenters. The van der Waals surface area contributed by atoms with Gasteiger partial charge in [-0.2, -0.15) is 0 Å². The standard InChI is InChI=1S/C14H23N3O3/c15-13(10-19)4-2-1-3-5-17-14(20)12-6-11(9-18)7-16-8-12/h6-8,13,18-19H,1-5,9-10,15H2,(H,17,20)/t13-/m0/s1. The molecule has 1 atom stereocenters. The molecule has 0 aliphatic heterocycles. The average molecular weight is 281 g/mol. The Hall–Kier alpha value is -1.50. The predicted octanol–water partition coefficient (Wildman–Crippen LogP) is 0.184. The number of hydrogen-bond acceptors (Lipinski definition) is 5. The Labute approximate surface area is 119 Å². The highest BCUT2D eigenvalue weighted by Gasteiger charge is 2.06. The number of nitrogens with two attached hydrogens (primary N) is 1. The first kappa shape index (κ1) is 16.6. The Kier molecular flexibility index (Phi) is 7.79. The highest BCUT2D eigenvalue weighted by atomic mass is 16.3. The number of nitrogens with zero attached hydrogens (tertiary/aromatic N) is 1. The van der Waals surface area contributed by atoms with Gasteiger partial charge in [-0.25, -0.2) is 0 Å². The first-order chi connectivity index (χ1) is 9.67. The van der Waals surface area contributed by atoms with Crippen molar-refractivity contribution in [3.63, 3.8) is 0 Å². The lowest BCUT2D eigenvalue weighted by molar-refractivity contribution is 0.0952. The number of pyridine rings is 1. The summed E-state index contributed by atoms with van der Waals surface area (Å²) in [6.45, 7) is 0.487. The van der Waals surface area contributed by atoms with Crippen molar-refractivity contribution in [1.82, 2.24) is 10.3 Å². The van der Waals surface area contributed by atoms with Crippen molar-refractivity contribution in [3.8, 4) is 0 Å². The van der Waals surface area contributed by atoms with Crippen LogP contribution in [0.5, 0.6) is 0 Å². The van der Waals surface area contributed by atoms with Gasteiger partial charge >= 0.3 is 0 Å². The number of hydrogen-bond donors (Lipinski definition) is 4. The second kappa shape index (κ2) is 9.41. The van der Waals surface area contributed by atoms with Crippen LogP contribution in [-0.2, 0) is 6.61 Å². The number of carbonyl (C=O) groups excluding carboxylic acids is 1. The smallest absolute Gasteiger partial charge is 0.252 e. The third-order valence-electron chi connectivity index (χ3n) is 3.01. The number of aliphatic hydroxyl groups excluding tert-OH is 2. The fourth-order valence-corrected chi connectivity index (χ4v) is 1.80. The van der Waals surface area contributed by atoms with Crippen LogP contribution in [0.4, 0.5) is 0 Å². The Morgan fingerprint density at radius 1 is 1.30 bits per heavy atom. The number of carbonyl (C=O) groups is 1. The number of aromatic nitrogens is 1. The first-order valence-electron chi connectivity index (χ1n) is 6.86. The summed E-state index contributed by atoms with van der Waals surface area (Å²) in [6.07, 6.45) is 6.59. The zero-order valence-corrected chi connectivity index (χ0v) is 11.6. The summed E-state index contributed by atoms with van der Waals surface area (Å²) in [7, 11) is 0. The Bertz CT molecular complexity index is 412. The lowest BCUT2D eigenvalue weighted by atomic mass is 10.1. The number of unbranched alkanes of at least 4 members (excludes halogenated alkanes) is 2. The number of rotatable bonds is 9. The summed E-state index contributed by atoms with van der Waals surface area (Å²) in [5, 5.41) is 20.6. The van der Waals surface area contributed by atoms with Crippen molar-refractivity contribution in [1.29, 1.82) is 0 Å². The van der Waals surface area contributed by atoms with Crippen LogP contribution in [0.3, 0.4) is 0 Å². The zero-order chi connectivity index (χ0) is 14.8. The van der Waals surface area contributed by atoms with Crippen LogP contribution in [0, 0.1) is 0 Å². The molecule has 20 heavy (non-hydrogen) atoms. The maximum Gasteiger partial charge on any atom is 0.252 e. The minimum Gasteiger partial charge on any atom is -0.395 e. The first-order valence-corrected chi connectivity index (χ1v) is 6.86. The van der Waals surface area contributed by atoms with Gasteiger partial charge in [0.1, 0.15) is 0 Å². The van der Waals surface area contributed by atoms with E-state index in [1.807, 2.05) is 0 Å². The van der Waals surface area contributed by atoms with E-state index in [4.69, 9.17) is 15.9 Å². The lowest BCUT2D eigenvalue weighted by Gasteiger charge is -2.08. The molecule has 5 N–H and O–H groups in total. The molecule has 6 heteroatoms. The van der Waals surface area contributed by atoms with Crippen molar-refractivity contribution in [2.75, 3.05) is 13.2 Å². The maximum atomic E-state index is 11.8. The van der Waals surface area contributed by atoms with Crippen LogP contribution in [-0.4, -0.2) is 40.3 Å². The van der Waals surface area contributed by atoms with Crippen LogP contribution >= 0.6 is 0 Å². The van der Waals surface area contributed by atoms with Gasteiger partial charge in [0.25, 0.3) is 5.91 Å². The van der Waals surface area contributed by atoms with Crippen LogP contribution in [0.25, 0.3) is 0 Å². The van der Waals surface area contributed by atoms with E-state index in [0.717, 1.165) is 25.7 Å². The van der Waals surface area contributed by atoms with Gasteiger partial charge in [0.15, 0.2) is 0 Å². The highest BCUT2D eigenvalue weighted by Crippen LogP contribution is 2.04. The van der Waals surface area contributed by atoms with E-state index in [-0.39, 0.29) is 25.2 Å². The summed E-state index contributed by atoms with van der Waals surface area (Å²) in [5.74, 6) is -0.181. The van der Waals surface area contributed by atoms with Crippen LogP contribution < -0.4 is 11.1 Å². The molecule has 0 fully saturated rings. The van der Waals surface area contributed by atoms with E-state index < -0.39 is 0 Å². The largest absolute Gasteiger partial charge is 0.395 e. The Morgan fingerprint density at radius 2 is 2.10 bits per heavy atom. The molecule has 1 amide bonds. The van der Waals surface area contributed by atoms with Crippen LogP contribution in [0.1, 0.15) is 41.6 Å². The van der Waals surface area contributed by atoms with Gasteiger partial charge in [-0.15, -0.1) is 0 Å². The summed E-state index contributed by atoms with van der Waals surface area (Å²) < 4.78 is 0. The SMILES string of the molecule is N[C@H](CO)CCCCCNC(=O)c1cncc(CO)c1. The summed E-state index contributed by atoms with van der Waals surface area (Å²) in [6, 6.07) is 1.49. The van der Waals surface area contributed by atoms with E-state index in [1.54, 1.807) is 6.07 Å². The number of aliphatic hydroxyl groups is 2. The third-order valence-corrected chi connectivity index (χ3v) is 3.01. The van der Waals surface area contributed by atoms with Crippen LogP contribution in [0.15, 0.2) is 18.5 Å². The molecule has 0 aliphatic carbocycles. The molecule has 1 aromatic heterocycles. The zero-order valence-electron chi connectivity index (χ0n) is 11.6. The molecule has 0 aliphatic rings. The van der Waals surface area contributed by atoms with Crippen molar-refractivity contribution >= 4 is 5.91 Å². The minimum atomic E-state index is -0.181. The molecule has 1 heterocycles. The second-order valence-electron chi connectivity index (χ2n) is 4.79. The topological polar surface area (TPSA) is 108 Å². The third kappa shape index (κ3) is 6.10. The molecular formula is C14H23N3O3. The van der Waals surface area contributed by atoms with Crippen molar-refractivity contribution in [3.05, 3.63) is 29.6 Å². The molecule has 1 rings (SSSR count). The van der Waals surface area contributed by atoms with E-state index in [2.05, 4.69) is 10.3 Å². The van der Waals surface area contributed by atoms with Gasteiger partial charge in [-0.05, 0) is 24.5 Å². The van der Waals surface area contributed by atoms with Crippen molar-refractivity contribution < 1.29 is 15.0 Å². The average Bonchev–Trinajstić information content (AvgIpc) is 2.50. The predicted molar refractivity (Wildman–Crippen MR) is 76.0 cm³/mol. The summed E-state index contributed by atoms with van der Waals surface area (Å²) in [5.41, 5.74) is 6.67. The minimum absolute atomic E-state index is 0.0188. The van der Waals surface area contributed by atoms with Gasteiger partial charge < -0.3 is 21.3 Å². The molecule has 0 saturated carbocycles. The lowest BCUT2D eigenvalue weighted by Crippen LogP contribution is -2.25. The van der Waals surface area contributed by atoms with Crippen molar-refractivity contribution in [2.24, 2.45) is 5.73 Å². The van der Waals surface area contributed by atoms with E-state index in [9.17, 15) is 4.79 Å². The summed E-state index contributed by atoms with van der Waals surface area (Å²) in [4.78, 5) is 15.7. The number of amides is 1. The molecule has 0 aromatic carbocycles. The van der Waals surface area contributed by atoms with E-state index in [0.29, 0.717) is 17.7 Å². The highest BCUT2D eigenvalue weighted by molar-refractivity contribution is 5.93. The molecule has 0 bridgehead atoms. The second-order valence-corrected chi connectivity index (χ2v) is 4.79. The van der Waals surface area contributed by atoms with Gasteiger partial charge in [0.2, 0.25) is 0 Å². The van der Waals surface area contributed by atoms with E-state index in [1.165, 1.54) is 12.4 Å². The quantitative estimate of drug-likeness (QED) is 0.483. The van der Waals surface area contributed by atoms with E-state index >= 15 is 0 Å². The molecule has 112 valence electrons. The fourth-order valence-electron chi connectivity index (χ4n) is 1.80. The van der Waals surface area contributed by atoms with Gasteiger partial charge in [-0.3, -0.25) is 9.78 Å².